The Labute approximate surface area is 142 Å². The van der Waals surface area contributed by atoms with Gasteiger partial charge in [-0.15, -0.1) is 0 Å². The highest BCUT2D eigenvalue weighted by molar-refractivity contribution is 6.00. The van der Waals surface area contributed by atoms with Crippen LogP contribution in [0.15, 0.2) is 30.5 Å². The number of aliphatic carboxylic acids is 1. The minimum Gasteiger partial charge on any atom is -0.479 e. The molecule has 2 N–H and O–H groups in total. The predicted molar refractivity (Wildman–Crippen MR) is 86.1 cm³/mol. The van der Waals surface area contributed by atoms with Crippen molar-refractivity contribution in [3.05, 3.63) is 46.1 Å². The summed E-state index contributed by atoms with van der Waals surface area (Å²) in [5.41, 5.74) is 1.00. The molecular weight excluding hydrogens is 332 g/mol. The Morgan fingerprint density at radius 2 is 2.04 bits per heavy atom. The van der Waals surface area contributed by atoms with Gasteiger partial charge in [-0.05, 0) is 12.1 Å². The van der Waals surface area contributed by atoms with Crippen LogP contribution in [-0.2, 0) is 16.6 Å². The van der Waals surface area contributed by atoms with Crippen LogP contribution in [0.4, 0.5) is 5.69 Å². The van der Waals surface area contributed by atoms with E-state index in [0.29, 0.717) is 11.3 Å². The van der Waals surface area contributed by atoms with Crippen LogP contribution in [-0.4, -0.2) is 51.4 Å². The molecule has 1 amide bonds. The van der Waals surface area contributed by atoms with E-state index >= 15 is 0 Å². The van der Waals surface area contributed by atoms with E-state index in [9.17, 15) is 19.7 Å². The molecule has 1 unspecified atom stereocenters. The molecule has 25 heavy (non-hydrogen) atoms. The topological polar surface area (TPSA) is 137 Å². The Morgan fingerprint density at radius 1 is 1.40 bits per heavy atom. The van der Waals surface area contributed by atoms with Crippen molar-refractivity contribution in [2.24, 2.45) is 7.05 Å². The maximum Gasteiger partial charge on any atom is 0.334 e. The molecular formula is C15H16N4O6. The van der Waals surface area contributed by atoms with Crippen molar-refractivity contribution in [3.63, 3.8) is 0 Å². The SMILES string of the molecule is COC(CNC(=O)c1cn(C)nc1-c1ccc([N+](=O)[O-])cc1)C(=O)O. The number of rotatable bonds is 7. The summed E-state index contributed by atoms with van der Waals surface area (Å²) in [5, 5.41) is 26.3. The highest BCUT2D eigenvalue weighted by atomic mass is 16.6. The van der Waals surface area contributed by atoms with Gasteiger partial charge in [0, 0.05) is 38.1 Å². The minimum absolute atomic E-state index is 0.0740. The normalized spacial score (nSPS) is 11.8. The summed E-state index contributed by atoms with van der Waals surface area (Å²) in [6.45, 7) is -0.209. The van der Waals surface area contributed by atoms with Crippen LogP contribution < -0.4 is 5.32 Å². The number of hydrogen-bond donors (Lipinski definition) is 2. The number of carboxylic acids is 1. The number of hydrogen-bond acceptors (Lipinski definition) is 6. The Hall–Kier alpha value is -3.27. The zero-order valence-electron chi connectivity index (χ0n) is 13.5. The monoisotopic (exact) mass is 348 g/mol. The average Bonchev–Trinajstić information content (AvgIpc) is 2.97. The second-order valence-corrected chi connectivity index (χ2v) is 5.14. The number of nitrogens with zero attached hydrogens (tertiary/aromatic N) is 3. The number of nitro groups is 1. The number of benzene rings is 1. The number of non-ortho nitro benzene ring substituents is 1. The van der Waals surface area contributed by atoms with Crippen LogP contribution in [0.25, 0.3) is 11.3 Å². The molecule has 10 nitrogen and oxygen atoms in total. The van der Waals surface area contributed by atoms with Crippen LogP contribution in [0.2, 0.25) is 0 Å². The Balaban J connectivity index is 2.23. The number of carbonyl (C=O) groups excluding carboxylic acids is 1. The van der Waals surface area contributed by atoms with E-state index in [2.05, 4.69) is 10.4 Å². The Kier molecular flexibility index (Phi) is 5.45. The fraction of sp³-hybridized carbons (Fsp3) is 0.267. The number of nitro benzene ring substituents is 1. The first-order valence-electron chi connectivity index (χ1n) is 7.15. The number of amides is 1. The van der Waals surface area contributed by atoms with E-state index in [1.54, 1.807) is 7.05 Å². The molecule has 0 radical (unpaired) electrons. The molecule has 10 heteroatoms. The third-order valence-electron chi connectivity index (χ3n) is 3.43. The highest BCUT2D eigenvalue weighted by Crippen LogP contribution is 2.24. The molecule has 1 heterocycles. The lowest BCUT2D eigenvalue weighted by Gasteiger charge is -2.11. The predicted octanol–water partition coefficient (Wildman–Crippen LogP) is 0.825. The Bertz CT molecular complexity index is 799. The van der Waals surface area contributed by atoms with E-state index in [0.717, 1.165) is 0 Å². The number of carbonyl (C=O) groups is 2. The zero-order valence-corrected chi connectivity index (χ0v) is 13.5. The number of aromatic nitrogens is 2. The van der Waals surface area contributed by atoms with Crippen molar-refractivity contribution in [2.45, 2.75) is 6.10 Å². The minimum atomic E-state index is -1.19. The number of ether oxygens (including phenoxy) is 1. The Morgan fingerprint density at radius 3 is 2.56 bits per heavy atom. The summed E-state index contributed by atoms with van der Waals surface area (Å²) in [4.78, 5) is 33.5. The summed E-state index contributed by atoms with van der Waals surface area (Å²) in [5.74, 6) is -1.71. The van der Waals surface area contributed by atoms with Crippen LogP contribution >= 0.6 is 0 Å². The summed E-state index contributed by atoms with van der Waals surface area (Å²) >= 11 is 0. The summed E-state index contributed by atoms with van der Waals surface area (Å²) in [6, 6.07) is 5.62. The molecule has 1 aromatic heterocycles. The van der Waals surface area contributed by atoms with Gasteiger partial charge >= 0.3 is 5.97 Å². The molecule has 0 saturated carbocycles. The molecule has 0 aliphatic carbocycles. The van der Waals surface area contributed by atoms with E-state index in [-0.39, 0.29) is 17.8 Å². The zero-order chi connectivity index (χ0) is 18.6. The summed E-state index contributed by atoms with van der Waals surface area (Å²) < 4.78 is 6.18. The lowest BCUT2D eigenvalue weighted by Crippen LogP contribution is -2.37. The van der Waals surface area contributed by atoms with Crippen molar-refractivity contribution >= 4 is 17.6 Å². The fourth-order valence-corrected chi connectivity index (χ4v) is 2.16. The number of methoxy groups -OCH3 is 1. The van der Waals surface area contributed by atoms with Crippen molar-refractivity contribution in [3.8, 4) is 11.3 Å². The van der Waals surface area contributed by atoms with Gasteiger partial charge in [0.25, 0.3) is 11.6 Å². The second kappa shape index (κ2) is 7.53. The maximum atomic E-state index is 12.3. The van der Waals surface area contributed by atoms with Gasteiger partial charge in [0.2, 0.25) is 0 Å². The third-order valence-corrected chi connectivity index (χ3v) is 3.43. The van der Waals surface area contributed by atoms with Gasteiger partial charge < -0.3 is 15.2 Å². The number of nitrogens with one attached hydrogen (secondary N) is 1. The molecule has 0 spiro atoms. The summed E-state index contributed by atoms with van der Waals surface area (Å²) in [6.07, 6.45) is 0.317. The van der Waals surface area contributed by atoms with Gasteiger partial charge in [0.15, 0.2) is 6.10 Å². The van der Waals surface area contributed by atoms with Crippen molar-refractivity contribution in [1.29, 1.82) is 0 Å². The number of carboxylic acid groups (broad SMARTS) is 1. The standard InChI is InChI=1S/C15H16N4O6/c1-18-8-11(14(20)16-7-12(25-2)15(21)22)13(17-18)9-3-5-10(6-4-9)19(23)24/h3-6,8,12H,7H2,1-2H3,(H,16,20)(H,21,22). The second-order valence-electron chi connectivity index (χ2n) is 5.14. The molecule has 0 bridgehead atoms. The van der Waals surface area contributed by atoms with E-state index in [1.165, 1.54) is 42.3 Å². The van der Waals surface area contributed by atoms with Gasteiger partial charge in [-0.2, -0.15) is 5.10 Å². The first-order valence-corrected chi connectivity index (χ1v) is 7.15. The molecule has 1 atom stereocenters. The molecule has 0 fully saturated rings. The van der Waals surface area contributed by atoms with Gasteiger partial charge in [-0.25, -0.2) is 4.79 Å². The fourth-order valence-electron chi connectivity index (χ4n) is 2.16. The first kappa shape index (κ1) is 18.1. The lowest BCUT2D eigenvalue weighted by atomic mass is 10.1. The highest BCUT2D eigenvalue weighted by Gasteiger charge is 2.21. The smallest absolute Gasteiger partial charge is 0.334 e. The molecule has 2 aromatic rings. The quantitative estimate of drug-likeness (QED) is 0.558. The van der Waals surface area contributed by atoms with Crippen molar-refractivity contribution < 1.29 is 24.4 Å². The van der Waals surface area contributed by atoms with Crippen LogP contribution in [0, 0.1) is 10.1 Å². The first-order chi connectivity index (χ1) is 11.8. The van der Waals surface area contributed by atoms with Crippen molar-refractivity contribution in [1.82, 2.24) is 15.1 Å². The molecule has 0 aliphatic heterocycles. The third kappa shape index (κ3) is 4.18. The largest absolute Gasteiger partial charge is 0.479 e. The molecule has 0 aliphatic rings. The van der Waals surface area contributed by atoms with E-state index in [1.807, 2.05) is 0 Å². The van der Waals surface area contributed by atoms with Gasteiger partial charge in [-0.1, -0.05) is 0 Å². The maximum absolute atomic E-state index is 12.3. The molecule has 1 aromatic carbocycles. The van der Waals surface area contributed by atoms with Gasteiger partial charge in [-0.3, -0.25) is 19.6 Å². The van der Waals surface area contributed by atoms with E-state index < -0.39 is 22.9 Å². The van der Waals surface area contributed by atoms with Crippen LogP contribution in [0.3, 0.4) is 0 Å². The van der Waals surface area contributed by atoms with Gasteiger partial charge in [0.05, 0.1) is 17.0 Å². The molecule has 0 saturated heterocycles. The lowest BCUT2D eigenvalue weighted by molar-refractivity contribution is -0.384. The van der Waals surface area contributed by atoms with E-state index in [4.69, 9.17) is 9.84 Å². The van der Waals surface area contributed by atoms with Crippen LogP contribution in [0.1, 0.15) is 10.4 Å². The summed E-state index contributed by atoms with van der Waals surface area (Å²) in [7, 11) is 2.86. The number of aryl methyl sites for hydroxylation is 1. The molecule has 132 valence electrons. The molecule has 2 rings (SSSR count). The van der Waals surface area contributed by atoms with Crippen molar-refractivity contribution in [2.75, 3.05) is 13.7 Å². The van der Waals surface area contributed by atoms with Crippen LogP contribution in [0.5, 0.6) is 0 Å². The van der Waals surface area contributed by atoms with Gasteiger partial charge in [0.1, 0.15) is 5.69 Å². The average molecular weight is 348 g/mol.